The summed E-state index contributed by atoms with van der Waals surface area (Å²) in [6.45, 7) is 0. The summed E-state index contributed by atoms with van der Waals surface area (Å²) in [5.41, 5.74) is 5.05. The number of hydrogen-bond acceptors (Lipinski definition) is 3. The molecule has 0 aromatic rings. The van der Waals surface area contributed by atoms with E-state index in [4.69, 9.17) is 5.73 Å². The van der Waals surface area contributed by atoms with E-state index in [1.165, 1.54) is 12.3 Å². The van der Waals surface area contributed by atoms with Crippen LogP contribution in [-0.4, -0.2) is 4.92 Å². The van der Waals surface area contributed by atoms with Gasteiger partial charge in [-0.3, -0.25) is 10.1 Å². The molecule has 4 heteroatoms. The van der Waals surface area contributed by atoms with E-state index < -0.39 is 4.92 Å². The van der Waals surface area contributed by atoms with Gasteiger partial charge in [0.05, 0.1) is 4.92 Å². The maximum Gasteiger partial charge on any atom is 0.234 e. The Kier molecular flexibility index (Phi) is 6.15. The molecule has 0 saturated carbocycles. The molecule has 0 aliphatic rings. The lowest BCUT2D eigenvalue weighted by molar-refractivity contribution is -0.402. The SMILES string of the molecule is N/C=C/C=C/C=C/C=C/[N+](=O)[O-]. The van der Waals surface area contributed by atoms with Crippen LogP contribution in [0.2, 0.25) is 0 Å². The van der Waals surface area contributed by atoms with E-state index in [0.717, 1.165) is 6.20 Å². The molecule has 0 saturated heterocycles. The zero-order valence-electron chi connectivity index (χ0n) is 6.46. The molecule has 12 heavy (non-hydrogen) atoms. The molecule has 0 spiro atoms. The molecule has 64 valence electrons. The fourth-order valence-corrected chi connectivity index (χ4v) is 0.441. The first kappa shape index (κ1) is 10.2. The van der Waals surface area contributed by atoms with Gasteiger partial charge < -0.3 is 5.73 Å². The summed E-state index contributed by atoms with van der Waals surface area (Å²) < 4.78 is 0. The van der Waals surface area contributed by atoms with Crippen LogP contribution in [0.15, 0.2) is 48.9 Å². The highest BCUT2D eigenvalue weighted by Gasteiger charge is 1.77. The van der Waals surface area contributed by atoms with Crippen LogP contribution in [-0.2, 0) is 0 Å². The second kappa shape index (κ2) is 7.27. The largest absolute Gasteiger partial charge is 0.405 e. The highest BCUT2D eigenvalue weighted by atomic mass is 16.6. The molecule has 0 aliphatic heterocycles. The highest BCUT2D eigenvalue weighted by Crippen LogP contribution is 1.81. The van der Waals surface area contributed by atoms with E-state index in [2.05, 4.69) is 0 Å². The summed E-state index contributed by atoms with van der Waals surface area (Å²) in [6, 6.07) is 0. The molecule has 0 rings (SSSR count). The first-order valence-corrected chi connectivity index (χ1v) is 3.29. The molecule has 0 aromatic heterocycles. The van der Waals surface area contributed by atoms with Gasteiger partial charge in [0.25, 0.3) is 0 Å². The van der Waals surface area contributed by atoms with Crippen molar-refractivity contribution in [3.8, 4) is 0 Å². The molecule has 4 nitrogen and oxygen atoms in total. The van der Waals surface area contributed by atoms with Gasteiger partial charge in [0.2, 0.25) is 6.20 Å². The lowest BCUT2D eigenvalue weighted by atomic mass is 10.4. The van der Waals surface area contributed by atoms with Gasteiger partial charge >= 0.3 is 0 Å². The standard InChI is InChI=1S/C8H10N2O2/c9-7-5-3-1-2-4-6-8-10(11)12/h1-8H,9H2/b3-1+,4-2+,7-5+,8-6+. The van der Waals surface area contributed by atoms with Crippen molar-refractivity contribution < 1.29 is 4.92 Å². The van der Waals surface area contributed by atoms with Crippen LogP contribution < -0.4 is 5.73 Å². The van der Waals surface area contributed by atoms with E-state index in [0.29, 0.717) is 0 Å². The van der Waals surface area contributed by atoms with Crippen molar-refractivity contribution in [3.63, 3.8) is 0 Å². The Bertz CT molecular complexity index is 239. The van der Waals surface area contributed by atoms with Crippen molar-refractivity contribution in [1.29, 1.82) is 0 Å². The topological polar surface area (TPSA) is 69.2 Å². The number of allylic oxidation sites excluding steroid dienone is 6. The molecule has 0 heterocycles. The third-order valence-electron chi connectivity index (χ3n) is 0.874. The van der Waals surface area contributed by atoms with Gasteiger partial charge in [-0.25, -0.2) is 0 Å². The fraction of sp³-hybridized carbons (Fsp3) is 0. The summed E-state index contributed by atoms with van der Waals surface area (Å²) in [5, 5.41) is 9.77. The van der Waals surface area contributed by atoms with Crippen LogP contribution in [0, 0.1) is 10.1 Å². The van der Waals surface area contributed by atoms with Crippen molar-refractivity contribution in [1.82, 2.24) is 0 Å². The second-order valence-corrected chi connectivity index (χ2v) is 1.78. The first-order chi connectivity index (χ1) is 5.77. The molecule has 0 radical (unpaired) electrons. The van der Waals surface area contributed by atoms with Crippen molar-refractivity contribution >= 4 is 0 Å². The third kappa shape index (κ3) is 8.16. The van der Waals surface area contributed by atoms with Gasteiger partial charge in [-0.2, -0.15) is 0 Å². The summed E-state index contributed by atoms with van der Waals surface area (Å²) in [5.74, 6) is 0. The summed E-state index contributed by atoms with van der Waals surface area (Å²) >= 11 is 0. The van der Waals surface area contributed by atoms with Crippen molar-refractivity contribution in [2.45, 2.75) is 0 Å². The molecule has 0 atom stereocenters. The molecule has 0 unspecified atom stereocenters. The van der Waals surface area contributed by atoms with E-state index in [-0.39, 0.29) is 0 Å². The summed E-state index contributed by atoms with van der Waals surface area (Å²) in [7, 11) is 0. The van der Waals surface area contributed by atoms with Crippen LogP contribution in [0.25, 0.3) is 0 Å². The van der Waals surface area contributed by atoms with Gasteiger partial charge in [-0.1, -0.05) is 24.3 Å². The van der Waals surface area contributed by atoms with Crippen LogP contribution >= 0.6 is 0 Å². The van der Waals surface area contributed by atoms with Crippen molar-refractivity contribution in [3.05, 3.63) is 59.0 Å². The van der Waals surface area contributed by atoms with E-state index in [9.17, 15) is 10.1 Å². The predicted octanol–water partition coefficient (Wildman–Crippen LogP) is 1.36. The average molecular weight is 166 g/mol. The number of hydrogen-bond donors (Lipinski definition) is 1. The van der Waals surface area contributed by atoms with Crippen LogP contribution in [0.1, 0.15) is 0 Å². The molecular weight excluding hydrogens is 156 g/mol. The van der Waals surface area contributed by atoms with Gasteiger partial charge in [0, 0.05) is 6.08 Å². The highest BCUT2D eigenvalue weighted by molar-refractivity contribution is 5.14. The minimum atomic E-state index is -0.520. The smallest absolute Gasteiger partial charge is 0.234 e. The summed E-state index contributed by atoms with van der Waals surface area (Å²) in [6.07, 6.45) is 11.9. The number of rotatable bonds is 4. The molecule has 0 aliphatic carbocycles. The van der Waals surface area contributed by atoms with E-state index in [1.807, 2.05) is 0 Å². The number of nitrogens with zero attached hydrogens (tertiary/aromatic N) is 1. The van der Waals surface area contributed by atoms with Gasteiger partial charge in [-0.15, -0.1) is 0 Å². The zero-order valence-corrected chi connectivity index (χ0v) is 6.46. The Balaban J connectivity index is 3.70. The second-order valence-electron chi connectivity index (χ2n) is 1.78. The van der Waals surface area contributed by atoms with E-state index >= 15 is 0 Å². The van der Waals surface area contributed by atoms with E-state index in [1.54, 1.807) is 30.4 Å². The van der Waals surface area contributed by atoms with Crippen molar-refractivity contribution in [2.75, 3.05) is 0 Å². The normalized spacial score (nSPS) is 12.7. The molecule has 2 N–H and O–H groups in total. The van der Waals surface area contributed by atoms with Crippen molar-refractivity contribution in [2.24, 2.45) is 5.73 Å². The average Bonchev–Trinajstić information content (AvgIpc) is 2.02. The summed E-state index contributed by atoms with van der Waals surface area (Å²) in [4.78, 5) is 9.25. The lowest BCUT2D eigenvalue weighted by Gasteiger charge is -1.73. The minimum Gasteiger partial charge on any atom is -0.405 e. The molecule has 0 aromatic carbocycles. The van der Waals surface area contributed by atoms with Gasteiger partial charge in [0.15, 0.2) is 0 Å². The molecular formula is C8H10N2O2. The Hall–Kier alpha value is -1.84. The van der Waals surface area contributed by atoms with Crippen LogP contribution in [0.3, 0.4) is 0 Å². The Labute approximate surface area is 70.5 Å². The van der Waals surface area contributed by atoms with Crippen LogP contribution in [0.5, 0.6) is 0 Å². The lowest BCUT2D eigenvalue weighted by Crippen LogP contribution is -1.80. The molecule has 0 amide bonds. The van der Waals surface area contributed by atoms with Crippen LogP contribution in [0.4, 0.5) is 0 Å². The Morgan fingerprint density at radius 1 is 1.00 bits per heavy atom. The molecule has 0 bridgehead atoms. The number of nitrogens with two attached hydrogens (primary N) is 1. The maximum absolute atomic E-state index is 9.77. The van der Waals surface area contributed by atoms with Gasteiger partial charge in [0.1, 0.15) is 0 Å². The maximum atomic E-state index is 9.77. The fourth-order valence-electron chi connectivity index (χ4n) is 0.441. The minimum absolute atomic E-state index is 0.520. The zero-order chi connectivity index (χ0) is 9.23. The third-order valence-corrected chi connectivity index (χ3v) is 0.874. The predicted molar refractivity (Wildman–Crippen MR) is 47.7 cm³/mol. The monoisotopic (exact) mass is 166 g/mol. The van der Waals surface area contributed by atoms with Gasteiger partial charge in [-0.05, 0) is 12.3 Å². The quantitative estimate of drug-likeness (QED) is 0.389. The first-order valence-electron chi connectivity index (χ1n) is 3.29. The number of nitro groups is 1. The Morgan fingerprint density at radius 3 is 2.00 bits per heavy atom. The molecule has 0 fully saturated rings. The Morgan fingerprint density at radius 2 is 1.50 bits per heavy atom.